The van der Waals surface area contributed by atoms with Crippen molar-refractivity contribution in [1.29, 1.82) is 0 Å². The quantitative estimate of drug-likeness (QED) is 0.776. The second-order valence-corrected chi connectivity index (χ2v) is 5.56. The number of methoxy groups -OCH3 is 1. The first-order chi connectivity index (χ1) is 10.1. The fraction of sp³-hybridized carbons (Fsp3) is 0.400. The average Bonchev–Trinajstić information content (AvgIpc) is 2.81. The van der Waals surface area contributed by atoms with E-state index in [0.717, 1.165) is 23.6 Å². The Bertz CT molecular complexity index is 601. The van der Waals surface area contributed by atoms with Gasteiger partial charge in [0.05, 0.1) is 23.3 Å². The normalized spacial score (nSPS) is 11.0. The summed E-state index contributed by atoms with van der Waals surface area (Å²) < 4.78 is 21.2. The third-order valence-corrected chi connectivity index (χ3v) is 4.17. The van der Waals surface area contributed by atoms with Crippen LogP contribution in [0.2, 0.25) is 0 Å². The highest BCUT2D eigenvalue weighted by Crippen LogP contribution is 2.22. The molecule has 1 N–H and O–H groups in total. The number of nitrogens with zero attached hydrogens (tertiary/aromatic N) is 2. The summed E-state index contributed by atoms with van der Waals surface area (Å²) >= 11 is 3.31. The maximum atomic E-state index is 13.6. The molecule has 0 radical (unpaired) electrons. The molecule has 6 heteroatoms. The Balaban J connectivity index is 2.12. The third kappa shape index (κ3) is 4.12. The van der Waals surface area contributed by atoms with Crippen LogP contribution in [0.1, 0.15) is 17.1 Å². The highest BCUT2D eigenvalue weighted by Gasteiger charge is 2.10. The topological polar surface area (TPSA) is 39.1 Å². The number of ether oxygens (including phenoxy) is 1. The molecule has 1 heterocycles. The number of aromatic nitrogens is 2. The first-order valence-electron chi connectivity index (χ1n) is 6.77. The molecule has 21 heavy (non-hydrogen) atoms. The van der Waals surface area contributed by atoms with Crippen molar-refractivity contribution >= 4 is 15.9 Å². The zero-order valence-electron chi connectivity index (χ0n) is 12.2. The molecule has 0 saturated heterocycles. The number of nitrogens with one attached hydrogen (secondary N) is 1. The molecule has 1 aromatic heterocycles. The molecule has 4 nitrogen and oxygen atoms in total. The number of imidazole rings is 1. The molecule has 0 spiro atoms. The minimum absolute atomic E-state index is 0.245. The lowest BCUT2D eigenvalue weighted by atomic mass is 10.2. The van der Waals surface area contributed by atoms with Crippen LogP contribution in [0.25, 0.3) is 0 Å². The first kappa shape index (κ1) is 16.1. The van der Waals surface area contributed by atoms with Crippen molar-refractivity contribution in [3.05, 3.63) is 51.8 Å². The number of benzene rings is 1. The number of aryl methyl sites for hydroxylation is 1. The standard InChI is InChI=1S/C15H19BrFN3O/c1-11-19-9-13(8-18-6-7-21-2)20(11)10-12-4-3-5-14(17)15(12)16/h3-5,9,18H,6-8,10H2,1-2H3. The summed E-state index contributed by atoms with van der Waals surface area (Å²) in [5.74, 6) is 0.666. The lowest BCUT2D eigenvalue weighted by Crippen LogP contribution is -2.21. The molecule has 0 amide bonds. The number of hydrogen-bond donors (Lipinski definition) is 1. The van der Waals surface area contributed by atoms with Crippen molar-refractivity contribution in [2.45, 2.75) is 20.0 Å². The van der Waals surface area contributed by atoms with Gasteiger partial charge in [0.1, 0.15) is 11.6 Å². The molecule has 0 unspecified atom stereocenters. The van der Waals surface area contributed by atoms with Gasteiger partial charge in [0, 0.05) is 26.4 Å². The van der Waals surface area contributed by atoms with Gasteiger partial charge in [0.2, 0.25) is 0 Å². The second kappa shape index (κ2) is 7.68. The van der Waals surface area contributed by atoms with Crippen LogP contribution in [0.15, 0.2) is 28.9 Å². The van der Waals surface area contributed by atoms with Crippen LogP contribution in [-0.2, 0) is 17.8 Å². The van der Waals surface area contributed by atoms with Crippen molar-refractivity contribution in [1.82, 2.24) is 14.9 Å². The van der Waals surface area contributed by atoms with Crippen LogP contribution < -0.4 is 5.32 Å². The van der Waals surface area contributed by atoms with Gasteiger partial charge in [0.25, 0.3) is 0 Å². The zero-order valence-corrected chi connectivity index (χ0v) is 13.8. The van der Waals surface area contributed by atoms with E-state index >= 15 is 0 Å². The molecule has 0 aliphatic rings. The molecule has 114 valence electrons. The zero-order chi connectivity index (χ0) is 15.2. The Labute approximate surface area is 132 Å². The molecule has 0 fully saturated rings. The fourth-order valence-corrected chi connectivity index (χ4v) is 2.49. The van der Waals surface area contributed by atoms with Crippen LogP contribution in [-0.4, -0.2) is 29.8 Å². The maximum Gasteiger partial charge on any atom is 0.137 e. The van der Waals surface area contributed by atoms with Crippen LogP contribution in [0.3, 0.4) is 0 Å². The molecule has 0 atom stereocenters. The molecule has 2 rings (SSSR count). The molecule has 0 aliphatic heterocycles. The van der Waals surface area contributed by atoms with Gasteiger partial charge in [-0.1, -0.05) is 12.1 Å². The lowest BCUT2D eigenvalue weighted by Gasteiger charge is -2.12. The van der Waals surface area contributed by atoms with Crippen LogP contribution >= 0.6 is 15.9 Å². The largest absolute Gasteiger partial charge is 0.383 e. The van der Waals surface area contributed by atoms with Gasteiger partial charge in [0.15, 0.2) is 0 Å². The Hall–Kier alpha value is -1.24. The van der Waals surface area contributed by atoms with Gasteiger partial charge in [-0.15, -0.1) is 0 Å². The van der Waals surface area contributed by atoms with Crippen molar-refractivity contribution in [3.63, 3.8) is 0 Å². The van der Waals surface area contributed by atoms with E-state index in [1.54, 1.807) is 13.2 Å². The van der Waals surface area contributed by atoms with Gasteiger partial charge in [-0.3, -0.25) is 0 Å². The number of hydrogen-bond acceptors (Lipinski definition) is 3. The summed E-state index contributed by atoms with van der Waals surface area (Å²) in [4.78, 5) is 4.35. The van der Waals surface area contributed by atoms with Gasteiger partial charge in [-0.2, -0.15) is 0 Å². The maximum absolute atomic E-state index is 13.6. The highest BCUT2D eigenvalue weighted by molar-refractivity contribution is 9.10. The number of rotatable bonds is 7. The van der Waals surface area contributed by atoms with Crippen molar-refractivity contribution in [3.8, 4) is 0 Å². The van der Waals surface area contributed by atoms with E-state index in [1.165, 1.54) is 6.07 Å². The minimum Gasteiger partial charge on any atom is -0.383 e. The summed E-state index contributed by atoms with van der Waals surface area (Å²) in [5, 5.41) is 3.30. The van der Waals surface area contributed by atoms with E-state index in [1.807, 2.05) is 19.2 Å². The SMILES string of the molecule is COCCNCc1cnc(C)n1Cc1cccc(F)c1Br. The van der Waals surface area contributed by atoms with Crippen LogP contribution in [0.4, 0.5) is 4.39 Å². The van der Waals surface area contributed by atoms with Crippen molar-refractivity contribution < 1.29 is 9.13 Å². The number of halogens is 2. The Morgan fingerprint density at radius 3 is 3.00 bits per heavy atom. The molecule has 0 bridgehead atoms. The molecular formula is C15H19BrFN3O. The summed E-state index contributed by atoms with van der Waals surface area (Å²) in [6.07, 6.45) is 1.85. The van der Waals surface area contributed by atoms with Gasteiger partial charge < -0.3 is 14.6 Å². The van der Waals surface area contributed by atoms with Crippen molar-refractivity contribution in [2.24, 2.45) is 0 Å². The second-order valence-electron chi connectivity index (χ2n) is 4.77. The fourth-order valence-electron chi connectivity index (χ4n) is 2.10. The van der Waals surface area contributed by atoms with Crippen LogP contribution in [0.5, 0.6) is 0 Å². The average molecular weight is 356 g/mol. The Kier molecular flexibility index (Phi) is 5.90. The summed E-state index contributed by atoms with van der Waals surface area (Å²) in [6, 6.07) is 5.08. The summed E-state index contributed by atoms with van der Waals surface area (Å²) in [7, 11) is 1.68. The summed E-state index contributed by atoms with van der Waals surface area (Å²) in [6.45, 7) is 4.70. The molecule has 0 saturated carbocycles. The lowest BCUT2D eigenvalue weighted by molar-refractivity contribution is 0.199. The monoisotopic (exact) mass is 355 g/mol. The van der Waals surface area contributed by atoms with Crippen LogP contribution in [0, 0.1) is 12.7 Å². The third-order valence-electron chi connectivity index (χ3n) is 3.29. The molecule has 2 aromatic rings. The highest BCUT2D eigenvalue weighted by atomic mass is 79.9. The van der Waals surface area contributed by atoms with Gasteiger partial charge >= 0.3 is 0 Å². The van der Waals surface area contributed by atoms with E-state index < -0.39 is 0 Å². The predicted octanol–water partition coefficient (Wildman–Crippen LogP) is 2.88. The Morgan fingerprint density at radius 1 is 1.43 bits per heavy atom. The molecule has 0 aliphatic carbocycles. The van der Waals surface area contributed by atoms with E-state index in [4.69, 9.17) is 4.74 Å². The van der Waals surface area contributed by atoms with E-state index in [0.29, 0.717) is 24.2 Å². The minimum atomic E-state index is -0.245. The van der Waals surface area contributed by atoms with Gasteiger partial charge in [-0.25, -0.2) is 9.37 Å². The van der Waals surface area contributed by atoms with Crippen molar-refractivity contribution in [2.75, 3.05) is 20.3 Å². The molecular weight excluding hydrogens is 337 g/mol. The first-order valence-corrected chi connectivity index (χ1v) is 7.56. The van der Waals surface area contributed by atoms with E-state index in [2.05, 4.69) is 30.8 Å². The predicted molar refractivity (Wildman–Crippen MR) is 83.7 cm³/mol. The molecule has 1 aromatic carbocycles. The summed E-state index contributed by atoms with van der Waals surface area (Å²) in [5.41, 5.74) is 1.97. The smallest absolute Gasteiger partial charge is 0.137 e. The Morgan fingerprint density at radius 2 is 2.24 bits per heavy atom. The van der Waals surface area contributed by atoms with E-state index in [9.17, 15) is 4.39 Å². The van der Waals surface area contributed by atoms with E-state index in [-0.39, 0.29) is 5.82 Å². The van der Waals surface area contributed by atoms with Gasteiger partial charge in [-0.05, 0) is 34.5 Å².